The first-order valence-corrected chi connectivity index (χ1v) is 4.06. The van der Waals surface area contributed by atoms with Crippen molar-refractivity contribution in [2.24, 2.45) is 5.73 Å². The van der Waals surface area contributed by atoms with Crippen molar-refractivity contribution in [3.05, 3.63) is 12.7 Å². The molecule has 0 bridgehead atoms. The molecule has 1 fully saturated rings. The van der Waals surface area contributed by atoms with Crippen LogP contribution in [0.3, 0.4) is 0 Å². The molecular weight excluding hydrogens is 174 g/mol. The van der Waals surface area contributed by atoms with Crippen LogP contribution in [0.2, 0.25) is 0 Å². The van der Waals surface area contributed by atoms with Crippen LogP contribution >= 0.6 is 0 Å². The predicted octanol–water partition coefficient (Wildman–Crippen LogP) is 0.399. The summed E-state index contributed by atoms with van der Waals surface area (Å²) >= 11 is 0. The number of hydrogen-bond donors (Lipinski definition) is 1. The van der Waals surface area contributed by atoms with Gasteiger partial charge in [0.2, 0.25) is 0 Å². The smallest absolute Gasteiger partial charge is 0.405 e. The van der Waals surface area contributed by atoms with Crippen molar-refractivity contribution in [1.29, 1.82) is 0 Å². The predicted molar refractivity (Wildman–Crippen MR) is 45.0 cm³/mol. The fourth-order valence-corrected chi connectivity index (χ4v) is 1.04. The lowest BCUT2D eigenvalue weighted by molar-refractivity contribution is -0.211. The molecule has 2 N–H and O–H groups in total. The molecule has 1 amide bonds. The quantitative estimate of drug-likeness (QED) is 0.649. The Kier molecular flexibility index (Phi) is 3.72. The molecule has 74 valence electrons. The van der Waals surface area contributed by atoms with Crippen molar-refractivity contribution in [1.82, 2.24) is 0 Å². The van der Waals surface area contributed by atoms with Crippen LogP contribution in [0, 0.1) is 0 Å². The first-order valence-electron chi connectivity index (χ1n) is 4.06. The number of carbonyl (C=O) groups excluding carboxylic acids is 1. The van der Waals surface area contributed by atoms with Crippen molar-refractivity contribution in [3.8, 4) is 0 Å². The average molecular weight is 187 g/mol. The summed E-state index contributed by atoms with van der Waals surface area (Å²) in [6, 6.07) is 0. The number of primary amides is 1. The van der Waals surface area contributed by atoms with Crippen LogP contribution in [0.15, 0.2) is 12.7 Å². The number of ether oxygens (including phenoxy) is 3. The Labute approximate surface area is 76.4 Å². The lowest BCUT2D eigenvalue weighted by Gasteiger charge is -2.27. The minimum atomic E-state index is -0.859. The van der Waals surface area contributed by atoms with Gasteiger partial charge in [-0.15, -0.1) is 0 Å². The van der Waals surface area contributed by atoms with Crippen LogP contribution in [-0.2, 0) is 14.2 Å². The van der Waals surface area contributed by atoms with E-state index in [1.807, 2.05) is 0 Å². The number of carbonyl (C=O) groups is 1. The average Bonchev–Trinajstić information content (AvgIpc) is 2.15. The summed E-state index contributed by atoms with van der Waals surface area (Å²) in [4.78, 5) is 10.5. The van der Waals surface area contributed by atoms with Gasteiger partial charge < -0.3 is 19.9 Å². The number of nitrogens with two attached hydrogens (primary N) is 1. The van der Waals surface area contributed by atoms with Crippen molar-refractivity contribution in [2.45, 2.75) is 18.8 Å². The van der Waals surface area contributed by atoms with E-state index in [2.05, 4.69) is 6.58 Å². The molecule has 1 rings (SSSR count). The van der Waals surface area contributed by atoms with Gasteiger partial charge in [0.15, 0.2) is 12.4 Å². The Bertz CT molecular complexity index is 189. The highest BCUT2D eigenvalue weighted by atomic mass is 16.7. The number of hydrogen-bond acceptors (Lipinski definition) is 4. The van der Waals surface area contributed by atoms with Crippen molar-refractivity contribution in [3.63, 3.8) is 0 Å². The van der Waals surface area contributed by atoms with Gasteiger partial charge >= 0.3 is 6.09 Å². The SMILES string of the molecule is C=CC(OC(N)=O)C1OCCCO1. The molecule has 1 aliphatic rings. The Morgan fingerprint density at radius 3 is 2.69 bits per heavy atom. The molecule has 0 aromatic heterocycles. The third-order valence-corrected chi connectivity index (χ3v) is 1.61. The first kappa shape index (κ1) is 10.0. The maximum Gasteiger partial charge on any atom is 0.405 e. The summed E-state index contributed by atoms with van der Waals surface area (Å²) in [5.74, 6) is 0. The minimum absolute atomic E-state index is 0.571. The molecule has 0 aromatic rings. The fraction of sp³-hybridized carbons (Fsp3) is 0.625. The second-order valence-electron chi connectivity index (χ2n) is 2.60. The van der Waals surface area contributed by atoms with E-state index in [-0.39, 0.29) is 0 Å². The minimum Gasteiger partial charge on any atom is -0.437 e. The first-order chi connectivity index (χ1) is 6.24. The van der Waals surface area contributed by atoms with Gasteiger partial charge in [-0.25, -0.2) is 4.79 Å². The Morgan fingerprint density at radius 1 is 1.62 bits per heavy atom. The van der Waals surface area contributed by atoms with Gasteiger partial charge in [0.05, 0.1) is 13.2 Å². The third-order valence-electron chi connectivity index (χ3n) is 1.61. The van der Waals surface area contributed by atoms with E-state index in [1.165, 1.54) is 6.08 Å². The molecular formula is C8H13NO4. The number of rotatable bonds is 3. The summed E-state index contributed by atoms with van der Waals surface area (Å²) in [5.41, 5.74) is 4.86. The molecule has 1 heterocycles. The molecule has 1 saturated heterocycles. The highest BCUT2D eigenvalue weighted by Gasteiger charge is 2.25. The van der Waals surface area contributed by atoms with Crippen LogP contribution in [0.5, 0.6) is 0 Å². The Balaban J connectivity index is 2.43. The highest BCUT2D eigenvalue weighted by molar-refractivity contribution is 5.65. The molecule has 0 aromatic carbocycles. The normalized spacial score (nSPS) is 20.6. The third kappa shape index (κ3) is 3.04. The van der Waals surface area contributed by atoms with Crippen molar-refractivity contribution in [2.75, 3.05) is 13.2 Å². The molecule has 1 unspecified atom stereocenters. The lowest BCUT2D eigenvalue weighted by Crippen LogP contribution is -2.38. The van der Waals surface area contributed by atoms with Gasteiger partial charge in [-0.2, -0.15) is 0 Å². The fourth-order valence-electron chi connectivity index (χ4n) is 1.04. The zero-order valence-electron chi connectivity index (χ0n) is 7.27. The van der Waals surface area contributed by atoms with Gasteiger partial charge in [0.1, 0.15) is 0 Å². The van der Waals surface area contributed by atoms with Crippen LogP contribution in [0.25, 0.3) is 0 Å². The second-order valence-corrected chi connectivity index (χ2v) is 2.60. The van der Waals surface area contributed by atoms with E-state index in [9.17, 15) is 4.79 Å². The van der Waals surface area contributed by atoms with Gasteiger partial charge in [0.25, 0.3) is 0 Å². The summed E-state index contributed by atoms with van der Waals surface area (Å²) < 4.78 is 15.1. The second kappa shape index (κ2) is 4.84. The van der Waals surface area contributed by atoms with Gasteiger partial charge in [-0.05, 0) is 12.5 Å². The number of amides is 1. The maximum absolute atomic E-state index is 10.5. The molecule has 1 aliphatic heterocycles. The Morgan fingerprint density at radius 2 is 2.23 bits per heavy atom. The maximum atomic E-state index is 10.5. The molecule has 0 aliphatic carbocycles. The summed E-state index contributed by atoms with van der Waals surface area (Å²) in [6.45, 7) is 4.69. The van der Waals surface area contributed by atoms with Crippen LogP contribution in [0.4, 0.5) is 4.79 Å². The molecule has 5 nitrogen and oxygen atoms in total. The molecule has 13 heavy (non-hydrogen) atoms. The van der Waals surface area contributed by atoms with E-state index in [1.54, 1.807) is 0 Å². The Hall–Kier alpha value is -1.07. The standard InChI is InChI=1S/C8H13NO4/c1-2-6(13-8(9)10)7-11-4-3-5-12-7/h2,6-7H,1,3-5H2,(H2,9,10). The topological polar surface area (TPSA) is 70.8 Å². The van der Waals surface area contributed by atoms with E-state index in [4.69, 9.17) is 19.9 Å². The zero-order valence-corrected chi connectivity index (χ0v) is 7.27. The summed E-state index contributed by atoms with van der Waals surface area (Å²) in [5, 5.41) is 0. The molecule has 0 spiro atoms. The molecule has 0 radical (unpaired) electrons. The summed E-state index contributed by atoms with van der Waals surface area (Å²) in [6.07, 6.45) is 0.219. The van der Waals surface area contributed by atoms with Crippen LogP contribution in [-0.4, -0.2) is 31.7 Å². The van der Waals surface area contributed by atoms with E-state index < -0.39 is 18.5 Å². The lowest BCUT2D eigenvalue weighted by atomic mass is 10.3. The molecule has 5 heteroatoms. The van der Waals surface area contributed by atoms with E-state index >= 15 is 0 Å². The summed E-state index contributed by atoms with van der Waals surface area (Å²) in [7, 11) is 0. The monoisotopic (exact) mass is 187 g/mol. The molecule has 0 saturated carbocycles. The zero-order chi connectivity index (χ0) is 9.68. The largest absolute Gasteiger partial charge is 0.437 e. The van der Waals surface area contributed by atoms with Gasteiger partial charge in [-0.3, -0.25) is 0 Å². The van der Waals surface area contributed by atoms with Gasteiger partial charge in [-0.1, -0.05) is 6.58 Å². The van der Waals surface area contributed by atoms with E-state index in [0.29, 0.717) is 13.2 Å². The van der Waals surface area contributed by atoms with E-state index in [0.717, 1.165) is 6.42 Å². The van der Waals surface area contributed by atoms with Gasteiger partial charge in [0, 0.05) is 0 Å². The van der Waals surface area contributed by atoms with Crippen LogP contribution < -0.4 is 5.73 Å². The molecule has 1 atom stereocenters. The van der Waals surface area contributed by atoms with Crippen molar-refractivity contribution < 1.29 is 19.0 Å². The van der Waals surface area contributed by atoms with Crippen molar-refractivity contribution >= 4 is 6.09 Å². The van der Waals surface area contributed by atoms with Crippen LogP contribution in [0.1, 0.15) is 6.42 Å². The highest BCUT2D eigenvalue weighted by Crippen LogP contribution is 2.12.